The number of anilines is 1. The van der Waals surface area contributed by atoms with Crippen molar-refractivity contribution in [2.24, 2.45) is 5.73 Å². The van der Waals surface area contributed by atoms with Crippen LogP contribution < -0.4 is 11.1 Å². The summed E-state index contributed by atoms with van der Waals surface area (Å²) in [7, 11) is 0. The van der Waals surface area contributed by atoms with Gasteiger partial charge in [-0.15, -0.1) is 21.5 Å². The zero-order chi connectivity index (χ0) is 16.9. The molecule has 124 valence electrons. The van der Waals surface area contributed by atoms with Crippen LogP contribution in [-0.2, 0) is 13.0 Å². The fourth-order valence-corrected chi connectivity index (χ4v) is 3.12. The summed E-state index contributed by atoms with van der Waals surface area (Å²) >= 11 is 1.44. The largest absolute Gasteiger partial charge is 0.330 e. The van der Waals surface area contributed by atoms with Gasteiger partial charge >= 0.3 is 0 Å². The monoisotopic (exact) mass is 342 g/mol. The van der Waals surface area contributed by atoms with Gasteiger partial charge in [-0.25, -0.2) is 4.98 Å². The Morgan fingerprint density at radius 2 is 2.21 bits per heavy atom. The van der Waals surface area contributed by atoms with Crippen LogP contribution in [0.15, 0.2) is 36.0 Å². The summed E-state index contributed by atoms with van der Waals surface area (Å²) < 4.78 is 1.92. The van der Waals surface area contributed by atoms with Crippen molar-refractivity contribution in [1.29, 1.82) is 0 Å². The maximum absolute atomic E-state index is 12.5. The lowest BCUT2D eigenvalue weighted by Crippen LogP contribution is -2.14. The number of nitrogens with one attached hydrogen (secondary N) is 1. The summed E-state index contributed by atoms with van der Waals surface area (Å²) in [5, 5.41) is 13.6. The number of thiazole rings is 1. The lowest BCUT2D eigenvalue weighted by atomic mass is 10.1. The summed E-state index contributed by atoms with van der Waals surface area (Å²) in [6.07, 6.45) is 2.35. The number of carbonyl (C=O) groups is 1. The van der Waals surface area contributed by atoms with Crippen molar-refractivity contribution < 1.29 is 4.79 Å². The van der Waals surface area contributed by atoms with Crippen molar-refractivity contribution in [2.75, 3.05) is 11.9 Å². The molecular formula is C16H18N6OS. The second-order valence-corrected chi connectivity index (χ2v) is 6.05. The van der Waals surface area contributed by atoms with Gasteiger partial charge in [-0.3, -0.25) is 4.79 Å². The molecule has 7 nitrogen and oxygen atoms in total. The van der Waals surface area contributed by atoms with Crippen LogP contribution in [0.3, 0.4) is 0 Å². The van der Waals surface area contributed by atoms with Crippen LogP contribution in [0.2, 0.25) is 0 Å². The highest BCUT2D eigenvalue weighted by Crippen LogP contribution is 2.26. The summed E-state index contributed by atoms with van der Waals surface area (Å²) in [6, 6.07) is 7.52. The number of rotatable bonds is 6. The molecule has 3 rings (SSSR count). The number of aromatic nitrogens is 4. The molecule has 1 aromatic carbocycles. The summed E-state index contributed by atoms with van der Waals surface area (Å²) in [5.74, 6) is 0.472. The smallest absolute Gasteiger partial charge is 0.275 e. The molecule has 3 aromatic rings. The maximum Gasteiger partial charge on any atom is 0.275 e. The minimum atomic E-state index is -0.246. The number of carbonyl (C=O) groups excluding carboxylic acids is 1. The first-order chi connectivity index (χ1) is 11.7. The SMILES string of the molecule is CCn1cnnc1-c1ccccc1NC(=O)c1csc(CCN)n1. The van der Waals surface area contributed by atoms with Crippen LogP contribution >= 0.6 is 11.3 Å². The Labute approximate surface area is 143 Å². The summed E-state index contributed by atoms with van der Waals surface area (Å²) in [4.78, 5) is 16.8. The van der Waals surface area contributed by atoms with Gasteiger partial charge in [0.1, 0.15) is 12.0 Å². The van der Waals surface area contributed by atoms with Crippen LogP contribution in [0.4, 0.5) is 5.69 Å². The average Bonchev–Trinajstić information content (AvgIpc) is 3.24. The number of amides is 1. The molecule has 1 amide bonds. The topological polar surface area (TPSA) is 98.7 Å². The van der Waals surface area contributed by atoms with E-state index in [2.05, 4.69) is 20.5 Å². The van der Waals surface area contributed by atoms with Gasteiger partial charge in [0, 0.05) is 23.9 Å². The van der Waals surface area contributed by atoms with E-state index in [0.29, 0.717) is 24.3 Å². The molecule has 0 aliphatic rings. The molecule has 0 fully saturated rings. The van der Waals surface area contributed by atoms with Gasteiger partial charge < -0.3 is 15.6 Å². The van der Waals surface area contributed by atoms with Crippen molar-refractivity contribution in [1.82, 2.24) is 19.7 Å². The maximum atomic E-state index is 12.5. The second kappa shape index (κ2) is 7.33. The lowest BCUT2D eigenvalue weighted by molar-refractivity contribution is 0.102. The van der Waals surface area contributed by atoms with Gasteiger partial charge in [-0.1, -0.05) is 12.1 Å². The molecule has 2 heterocycles. The second-order valence-electron chi connectivity index (χ2n) is 5.11. The number of nitrogens with two attached hydrogens (primary N) is 1. The third-order valence-electron chi connectivity index (χ3n) is 3.51. The first-order valence-electron chi connectivity index (χ1n) is 7.66. The van der Waals surface area contributed by atoms with E-state index in [1.54, 1.807) is 11.7 Å². The van der Waals surface area contributed by atoms with Crippen LogP contribution in [0.5, 0.6) is 0 Å². The van der Waals surface area contributed by atoms with E-state index in [-0.39, 0.29) is 5.91 Å². The van der Waals surface area contributed by atoms with Crippen LogP contribution in [0.1, 0.15) is 22.4 Å². The Balaban J connectivity index is 1.86. The Hall–Kier alpha value is -2.58. The van der Waals surface area contributed by atoms with Gasteiger partial charge in [-0.05, 0) is 25.6 Å². The molecule has 0 aliphatic heterocycles. The number of hydrogen-bond donors (Lipinski definition) is 2. The van der Waals surface area contributed by atoms with E-state index in [0.717, 1.165) is 22.9 Å². The predicted molar refractivity (Wildman–Crippen MR) is 94.0 cm³/mol. The predicted octanol–water partition coefficient (Wildman–Crippen LogP) is 2.17. The zero-order valence-corrected chi connectivity index (χ0v) is 14.1. The molecule has 2 aromatic heterocycles. The first-order valence-corrected chi connectivity index (χ1v) is 8.54. The number of para-hydroxylation sites is 1. The Morgan fingerprint density at radius 3 is 3.00 bits per heavy atom. The van der Waals surface area contributed by atoms with E-state index >= 15 is 0 Å². The van der Waals surface area contributed by atoms with Gasteiger partial charge in [0.05, 0.1) is 10.7 Å². The van der Waals surface area contributed by atoms with Crippen molar-refractivity contribution in [3.05, 3.63) is 46.7 Å². The summed E-state index contributed by atoms with van der Waals surface area (Å²) in [5.41, 5.74) is 7.42. The van der Waals surface area contributed by atoms with Crippen molar-refractivity contribution in [2.45, 2.75) is 19.9 Å². The fraction of sp³-hybridized carbons (Fsp3) is 0.250. The molecule has 3 N–H and O–H groups in total. The first kappa shape index (κ1) is 16.3. The lowest BCUT2D eigenvalue weighted by Gasteiger charge is -2.10. The standard InChI is InChI=1S/C16H18N6OS/c1-2-22-10-18-21-15(22)11-5-3-4-6-12(11)20-16(23)13-9-24-14(19-13)7-8-17/h3-6,9-10H,2,7-8,17H2,1H3,(H,20,23). The van der Waals surface area contributed by atoms with Gasteiger partial charge in [0.2, 0.25) is 0 Å². The van der Waals surface area contributed by atoms with Crippen LogP contribution in [0.25, 0.3) is 11.4 Å². The van der Waals surface area contributed by atoms with Gasteiger partial charge in [-0.2, -0.15) is 0 Å². The molecule has 24 heavy (non-hydrogen) atoms. The molecule has 0 spiro atoms. The van der Waals surface area contributed by atoms with E-state index < -0.39 is 0 Å². The van der Waals surface area contributed by atoms with Crippen molar-refractivity contribution in [3.63, 3.8) is 0 Å². The normalized spacial score (nSPS) is 10.8. The molecule has 0 aliphatic carbocycles. The van der Waals surface area contributed by atoms with Gasteiger partial charge in [0.15, 0.2) is 5.82 Å². The number of hydrogen-bond acceptors (Lipinski definition) is 6. The summed E-state index contributed by atoms with van der Waals surface area (Å²) in [6.45, 7) is 3.28. The van der Waals surface area contributed by atoms with Crippen molar-refractivity contribution in [3.8, 4) is 11.4 Å². The van der Waals surface area contributed by atoms with Crippen LogP contribution in [0, 0.1) is 0 Å². The highest BCUT2D eigenvalue weighted by atomic mass is 32.1. The third-order valence-corrected chi connectivity index (χ3v) is 4.42. The van der Waals surface area contributed by atoms with E-state index in [9.17, 15) is 4.79 Å². The van der Waals surface area contributed by atoms with Gasteiger partial charge in [0.25, 0.3) is 5.91 Å². The number of benzene rings is 1. The zero-order valence-electron chi connectivity index (χ0n) is 13.3. The third kappa shape index (κ3) is 3.34. The molecule has 8 heteroatoms. The van der Waals surface area contributed by atoms with E-state index in [4.69, 9.17) is 5.73 Å². The average molecular weight is 342 g/mol. The molecule has 0 unspecified atom stereocenters. The Kier molecular flexibility index (Phi) is 4.97. The number of nitrogens with zero attached hydrogens (tertiary/aromatic N) is 4. The Bertz CT molecular complexity index is 840. The minimum Gasteiger partial charge on any atom is -0.330 e. The van der Waals surface area contributed by atoms with Crippen LogP contribution in [-0.4, -0.2) is 32.2 Å². The molecule has 0 saturated carbocycles. The van der Waals surface area contributed by atoms with E-state index in [1.165, 1.54) is 11.3 Å². The Morgan fingerprint density at radius 1 is 1.38 bits per heavy atom. The highest BCUT2D eigenvalue weighted by molar-refractivity contribution is 7.09. The molecule has 0 bridgehead atoms. The quantitative estimate of drug-likeness (QED) is 0.715. The highest BCUT2D eigenvalue weighted by Gasteiger charge is 2.15. The molecule has 0 atom stereocenters. The van der Waals surface area contributed by atoms with Crippen molar-refractivity contribution >= 4 is 22.9 Å². The molecular weight excluding hydrogens is 324 g/mol. The van der Waals surface area contributed by atoms with E-state index in [1.807, 2.05) is 35.8 Å². The molecule has 0 radical (unpaired) electrons. The molecule has 0 saturated heterocycles. The number of aryl methyl sites for hydroxylation is 1. The fourth-order valence-electron chi connectivity index (χ4n) is 2.32. The minimum absolute atomic E-state index is 0.246.